The standard InChI is InChI=1S/C32H54O4/c1-9-27(4)24(34)22(33)19-30(7)23-11-10-20-21-18-26(2,3)12-16-32(21,25(35)36)17-14-28(20,5)29(23,6)13-15-31(27,30)8/h20-24,33-34H,9-19H2,1-8H3,(H,35,36)/t20?,21?,22-,23?,24?,27+,28-,29-,30?,31+,32?/m1/s1. The van der Waals surface area contributed by atoms with Crippen molar-refractivity contribution < 1.29 is 20.1 Å². The summed E-state index contributed by atoms with van der Waals surface area (Å²) in [4.78, 5) is 12.9. The molecule has 36 heavy (non-hydrogen) atoms. The van der Waals surface area contributed by atoms with Gasteiger partial charge in [0.05, 0.1) is 17.6 Å². The van der Waals surface area contributed by atoms with E-state index in [2.05, 4.69) is 55.4 Å². The summed E-state index contributed by atoms with van der Waals surface area (Å²) in [6.07, 6.45) is 9.38. The van der Waals surface area contributed by atoms with Crippen LogP contribution in [0.15, 0.2) is 0 Å². The molecule has 0 amide bonds. The zero-order chi connectivity index (χ0) is 26.7. The van der Waals surface area contributed by atoms with Crippen LogP contribution < -0.4 is 0 Å². The minimum Gasteiger partial charge on any atom is -0.481 e. The Morgan fingerprint density at radius 2 is 1.36 bits per heavy atom. The zero-order valence-corrected chi connectivity index (χ0v) is 24.4. The third kappa shape index (κ3) is 2.93. The SMILES string of the molecule is CC[C@@]1(C)C(O)[C@H](O)CC2(C)C3CCC4C5CC(C)(C)CCC5(C(=O)O)CC[C@@]4(C)[C@]3(C)CC[C@]21C. The second-order valence-electron chi connectivity index (χ2n) is 16.2. The van der Waals surface area contributed by atoms with Gasteiger partial charge in [-0.15, -0.1) is 0 Å². The topological polar surface area (TPSA) is 77.8 Å². The van der Waals surface area contributed by atoms with Crippen LogP contribution in [0.25, 0.3) is 0 Å². The van der Waals surface area contributed by atoms with Gasteiger partial charge < -0.3 is 15.3 Å². The second kappa shape index (κ2) is 7.74. The number of carboxylic acid groups (broad SMARTS) is 1. The van der Waals surface area contributed by atoms with Crippen LogP contribution in [-0.2, 0) is 4.79 Å². The molecule has 0 bridgehead atoms. The number of hydrogen-bond acceptors (Lipinski definition) is 3. The molecule has 5 rings (SSSR count). The van der Waals surface area contributed by atoms with Gasteiger partial charge in [-0.1, -0.05) is 55.4 Å². The fraction of sp³-hybridized carbons (Fsp3) is 0.969. The van der Waals surface area contributed by atoms with E-state index in [0.29, 0.717) is 18.3 Å². The molecule has 6 unspecified atom stereocenters. The predicted molar refractivity (Wildman–Crippen MR) is 143 cm³/mol. The van der Waals surface area contributed by atoms with Crippen LogP contribution in [0.4, 0.5) is 0 Å². The number of carboxylic acids is 1. The van der Waals surface area contributed by atoms with Gasteiger partial charge in [0.1, 0.15) is 0 Å². The van der Waals surface area contributed by atoms with Gasteiger partial charge >= 0.3 is 5.97 Å². The van der Waals surface area contributed by atoms with Crippen molar-refractivity contribution in [3.63, 3.8) is 0 Å². The van der Waals surface area contributed by atoms with Crippen LogP contribution in [-0.4, -0.2) is 33.5 Å². The molecule has 0 saturated heterocycles. The first kappa shape index (κ1) is 27.0. The normalized spacial score (nSPS) is 58.1. The average molecular weight is 503 g/mol. The monoisotopic (exact) mass is 502 g/mol. The molecular weight excluding hydrogens is 448 g/mol. The number of aliphatic carboxylic acids is 1. The molecule has 4 heteroatoms. The minimum atomic E-state index is -0.675. The van der Waals surface area contributed by atoms with Gasteiger partial charge in [0.25, 0.3) is 0 Å². The van der Waals surface area contributed by atoms with Gasteiger partial charge in [-0.3, -0.25) is 4.79 Å². The van der Waals surface area contributed by atoms with E-state index in [1.807, 2.05) is 0 Å². The number of aliphatic hydroxyl groups is 2. The highest BCUT2D eigenvalue weighted by atomic mass is 16.4. The molecule has 5 aliphatic rings. The Kier molecular flexibility index (Phi) is 5.80. The van der Waals surface area contributed by atoms with Gasteiger partial charge in [0, 0.05) is 5.41 Å². The maximum Gasteiger partial charge on any atom is 0.309 e. The Morgan fingerprint density at radius 1 is 0.750 bits per heavy atom. The Balaban J connectivity index is 1.59. The van der Waals surface area contributed by atoms with Crippen LogP contribution >= 0.6 is 0 Å². The average Bonchev–Trinajstić information content (AvgIpc) is 2.80. The summed E-state index contributed by atoms with van der Waals surface area (Å²) < 4.78 is 0. The number of hydrogen-bond donors (Lipinski definition) is 3. The van der Waals surface area contributed by atoms with Crippen molar-refractivity contribution in [2.75, 3.05) is 0 Å². The van der Waals surface area contributed by atoms with Crippen molar-refractivity contribution >= 4 is 5.97 Å². The summed E-state index contributed by atoms with van der Waals surface area (Å²) in [5.74, 6) is 0.652. The molecule has 0 aromatic rings. The lowest BCUT2D eigenvalue weighted by Crippen LogP contribution is -2.72. The highest BCUT2D eigenvalue weighted by molar-refractivity contribution is 5.75. The van der Waals surface area contributed by atoms with Gasteiger partial charge in [-0.05, 0) is 115 Å². The lowest BCUT2D eigenvalue weighted by Gasteiger charge is -2.76. The van der Waals surface area contributed by atoms with E-state index in [-0.39, 0.29) is 38.4 Å². The van der Waals surface area contributed by atoms with E-state index >= 15 is 0 Å². The van der Waals surface area contributed by atoms with Gasteiger partial charge in [0.15, 0.2) is 0 Å². The fourth-order valence-corrected chi connectivity index (χ4v) is 12.1. The largest absolute Gasteiger partial charge is 0.481 e. The summed E-state index contributed by atoms with van der Waals surface area (Å²) >= 11 is 0. The Morgan fingerprint density at radius 3 is 1.97 bits per heavy atom. The smallest absolute Gasteiger partial charge is 0.309 e. The summed E-state index contributed by atoms with van der Waals surface area (Å²) in [5.41, 5.74) is -0.492. The maximum atomic E-state index is 12.9. The van der Waals surface area contributed by atoms with E-state index < -0.39 is 23.6 Å². The van der Waals surface area contributed by atoms with Crippen molar-refractivity contribution in [1.82, 2.24) is 0 Å². The van der Waals surface area contributed by atoms with E-state index in [0.717, 1.165) is 64.2 Å². The first-order chi connectivity index (χ1) is 16.5. The van der Waals surface area contributed by atoms with E-state index in [9.17, 15) is 20.1 Å². The summed E-state index contributed by atoms with van der Waals surface area (Å²) in [6, 6.07) is 0. The van der Waals surface area contributed by atoms with Crippen molar-refractivity contribution in [3.8, 4) is 0 Å². The van der Waals surface area contributed by atoms with Crippen LogP contribution in [0.1, 0.15) is 126 Å². The molecule has 0 spiro atoms. The Labute approximate surface area is 220 Å². The summed E-state index contributed by atoms with van der Waals surface area (Å²) in [6.45, 7) is 19.1. The van der Waals surface area contributed by atoms with Crippen molar-refractivity contribution in [3.05, 3.63) is 0 Å². The van der Waals surface area contributed by atoms with Crippen molar-refractivity contribution in [2.45, 2.75) is 138 Å². The van der Waals surface area contributed by atoms with E-state index in [4.69, 9.17) is 0 Å². The van der Waals surface area contributed by atoms with Gasteiger partial charge in [0.2, 0.25) is 0 Å². The number of aliphatic hydroxyl groups excluding tert-OH is 2. The molecule has 0 aromatic carbocycles. The first-order valence-electron chi connectivity index (χ1n) is 15.1. The molecule has 5 saturated carbocycles. The van der Waals surface area contributed by atoms with Crippen LogP contribution in [0.3, 0.4) is 0 Å². The zero-order valence-electron chi connectivity index (χ0n) is 24.4. The third-order valence-corrected chi connectivity index (χ3v) is 15.2. The lowest BCUT2D eigenvalue weighted by atomic mass is 9.28. The molecule has 5 aliphatic carbocycles. The third-order valence-electron chi connectivity index (χ3n) is 15.2. The van der Waals surface area contributed by atoms with Crippen molar-refractivity contribution in [1.29, 1.82) is 0 Å². The first-order valence-corrected chi connectivity index (χ1v) is 15.1. The maximum absolute atomic E-state index is 12.9. The molecule has 0 aliphatic heterocycles. The summed E-state index contributed by atoms with van der Waals surface area (Å²) in [7, 11) is 0. The lowest BCUT2D eigenvalue weighted by molar-refractivity contribution is -0.303. The second-order valence-corrected chi connectivity index (χ2v) is 16.2. The fourth-order valence-electron chi connectivity index (χ4n) is 12.1. The van der Waals surface area contributed by atoms with E-state index in [1.165, 1.54) is 0 Å². The molecule has 0 aromatic heterocycles. The quantitative estimate of drug-likeness (QED) is 0.377. The van der Waals surface area contributed by atoms with Crippen LogP contribution in [0.5, 0.6) is 0 Å². The van der Waals surface area contributed by atoms with E-state index in [1.54, 1.807) is 0 Å². The molecule has 4 nitrogen and oxygen atoms in total. The molecule has 0 heterocycles. The summed E-state index contributed by atoms with van der Waals surface area (Å²) in [5, 5.41) is 33.1. The highest BCUT2D eigenvalue weighted by Crippen LogP contribution is 2.80. The van der Waals surface area contributed by atoms with Gasteiger partial charge in [-0.2, -0.15) is 0 Å². The Bertz CT molecular complexity index is 929. The molecule has 3 N–H and O–H groups in total. The van der Waals surface area contributed by atoms with Crippen molar-refractivity contribution in [2.24, 2.45) is 55.7 Å². The van der Waals surface area contributed by atoms with Crippen LogP contribution in [0.2, 0.25) is 0 Å². The Hall–Kier alpha value is -0.610. The van der Waals surface area contributed by atoms with Crippen LogP contribution in [0, 0.1) is 55.7 Å². The predicted octanol–water partition coefficient (Wildman–Crippen LogP) is 7.06. The molecule has 5 fully saturated rings. The minimum absolute atomic E-state index is 0.0346. The number of fused-ring (bicyclic) bond motifs is 7. The molecule has 11 atom stereocenters. The molecular formula is C32H54O4. The highest BCUT2D eigenvalue weighted by Gasteiger charge is 2.74. The molecule has 206 valence electrons. The molecule has 0 radical (unpaired) electrons. The van der Waals surface area contributed by atoms with Gasteiger partial charge in [-0.25, -0.2) is 0 Å². The number of rotatable bonds is 2. The number of carbonyl (C=O) groups is 1.